The Morgan fingerprint density at radius 1 is 1.06 bits per heavy atom. The van der Waals surface area contributed by atoms with Crippen LogP contribution in [0.25, 0.3) is 11.3 Å². The number of hydrogen-bond acceptors (Lipinski definition) is 5. The zero-order chi connectivity index (χ0) is 23.7. The van der Waals surface area contributed by atoms with E-state index in [4.69, 9.17) is 0 Å². The number of H-pyrrole nitrogens is 1. The number of benzene rings is 3. The number of nitrogens with one attached hydrogen (secondary N) is 3. The number of nitro benzene ring substituents is 1. The fourth-order valence-corrected chi connectivity index (χ4v) is 4.08. The average Bonchev–Trinajstić information content (AvgIpc) is 3.50. The third kappa shape index (κ3) is 3.93. The van der Waals surface area contributed by atoms with Crippen LogP contribution in [0.3, 0.4) is 0 Å². The van der Waals surface area contributed by atoms with Gasteiger partial charge in [0.2, 0.25) is 0 Å². The number of nitro groups is 1. The Bertz CT molecular complexity index is 1390. The second-order valence-electron chi connectivity index (χ2n) is 8.02. The van der Waals surface area contributed by atoms with Gasteiger partial charge in [-0.3, -0.25) is 14.9 Å². The molecule has 1 aliphatic rings. The highest BCUT2D eigenvalue weighted by molar-refractivity contribution is 6.37. The quantitative estimate of drug-likeness (QED) is 0.206. The zero-order valence-electron chi connectivity index (χ0n) is 18.3. The van der Waals surface area contributed by atoms with Gasteiger partial charge >= 0.3 is 0 Å². The van der Waals surface area contributed by atoms with Gasteiger partial charge in [-0.25, -0.2) is 4.98 Å². The number of anilines is 2. The van der Waals surface area contributed by atoms with E-state index in [9.17, 15) is 14.9 Å². The third-order valence-electron chi connectivity index (χ3n) is 5.91. The van der Waals surface area contributed by atoms with Gasteiger partial charge in [-0.05, 0) is 29.3 Å². The summed E-state index contributed by atoms with van der Waals surface area (Å²) in [5.74, 6) is -0.189. The molecule has 2 heterocycles. The van der Waals surface area contributed by atoms with Crippen molar-refractivity contribution in [2.45, 2.75) is 12.8 Å². The second-order valence-corrected chi connectivity index (χ2v) is 8.02. The van der Waals surface area contributed by atoms with Crippen molar-refractivity contribution in [1.82, 2.24) is 9.97 Å². The Labute approximate surface area is 195 Å². The lowest BCUT2D eigenvalue weighted by Crippen LogP contribution is -2.10. The molecule has 1 atom stereocenters. The van der Waals surface area contributed by atoms with Gasteiger partial charge in [0, 0.05) is 41.2 Å². The summed E-state index contributed by atoms with van der Waals surface area (Å²) in [5, 5.41) is 17.6. The normalized spacial score (nSPS) is 14.8. The maximum absolute atomic E-state index is 13.0. The van der Waals surface area contributed by atoms with Crippen molar-refractivity contribution in [2.75, 3.05) is 10.6 Å². The summed E-state index contributed by atoms with van der Waals surface area (Å²) in [6.07, 6.45) is 3.54. The number of amides is 1. The summed E-state index contributed by atoms with van der Waals surface area (Å²) in [6, 6.07) is 21.8. The molecule has 0 saturated carbocycles. The largest absolute Gasteiger partial charge is 0.354 e. The molecule has 1 unspecified atom stereocenters. The van der Waals surface area contributed by atoms with E-state index in [2.05, 4.69) is 27.5 Å². The van der Waals surface area contributed by atoms with Crippen LogP contribution in [0, 0.1) is 10.1 Å². The van der Waals surface area contributed by atoms with Crippen LogP contribution in [-0.4, -0.2) is 20.8 Å². The molecule has 168 valence electrons. The van der Waals surface area contributed by atoms with E-state index >= 15 is 0 Å². The lowest BCUT2D eigenvalue weighted by molar-refractivity contribution is -0.384. The minimum atomic E-state index is -0.463. The number of nitrogens with zero attached hydrogens (tertiary/aromatic N) is 2. The van der Waals surface area contributed by atoms with Crippen molar-refractivity contribution in [2.24, 2.45) is 0 Å². The fourth-order valence-electron chi connectivity index (χ4n) is 4.08. The molecule has 8 heteroatoms. The second kappa shape index (κ2) is 8.67. The van der Waals surface area contributed by atoms with E-state index in [1.807, 2.05) is 60.8 Å². The molecule has 8 nitrogen and oxygen atoms in total. The van der Waals surface area contributed by atoms with Crippen LogP contribution in [0.2, 0.25) is 0 Å². The van der Waals surface area contributed by atoms with Crippen molar-refractivity contribution in [3.8, 4) is 0 Å². The Balaban J connectivity index is 1.57. The molecule has 0 radical (unpaired) electrons. The summed E-state index contributed by atoms with van der Waals surface area (Å²) >= 11 is 0. The fraction of sp³-hybridized carbons (Fsp3) is 0.0769. The van der Waals surface area contributed by atoms with Crippen LogP contribution in [-0.2, 0) is 4.79 Å². The third-order valence-corrected chi connectivity index (χ3v) is 5.91. The summed E-state index contributed by atoms with van der Waals surface area (Å²) in [4.78, 5) is 31.2. The molecular formula is C26H21N5O3. The Kier molecular flexibility index (Phi) is 5.39. The number of hydrogen-bond donors (Lipinski definition) is 3. The minimum absolute atomic E-state index is 0.0723. The maximum Gasteiger partial charge on any atom is 0.270 e. The van der Waals surface area contributed by atoms with Gasteiger partial charge in [-0.1, -0.05) is 49.4 Å². The topological polar surface area (TPSA) is 113 Å². The number of rotatable bonds is 6. The van der Waals surface area contributed by atoms with Gasteiger partial charge in [-0.2, -0.15) is 0 Å². The van der Waals surface area contributed by atoms with E-state index in [-0.39, 0.29) is 17.5 Å². The predicted molar refractivity (Wildman–Crippen MR) is 131 cm³/mol. The molecule has 4 aromatic rings. The highest BCUT2D eigenvalue weighted by Crippen LogP contribution is 2.39. The molecule has 3 aromatic carbocycles. The van der Waals surface area contributed by atoms with Crippen molar-refractivity contribution >= 4 is 34.2 Å². The number of fused-ring (bicyclic) bond motifs is 1. The predicted octanol–water partition coefficient (Wildman–Crippen LogP) is 5.40. The Morgan fingerprint density at radius 3 is 2.50 bits per heavy atom. The maximum atomic E-state index is 13.0. The summed E-state index contributed by atoms with van der Waals surface area (Å²) < 4.78 is 0. The lowest BCUT2D eigenvalue weighted by atomic mass is 9.97. The number of imidazole rings is 1. The summed E-state index contributed by atoms with van der Waals surface area (Å²) in [5.41, 5.74) is 5.54. The minimum Gasteiger partial charge on any atom is -0.354 e. The van der Waals surface area contributed by atoms with Gasteiger partial charge in [0.05, 0.1) is 28.2 Å². The first-order valence-electron chi connectivity index (χ1n) is 10.8. The molecule has 0 saturated heterocycles. The number of aromatic amines is 1. The van der Waals surface area contributed by atoms with E-state index in [1.165, 1.54) is 12.1 Å². The SMILES string of the molecule is CC(c1ccc(NC(=C2C(=O)Nc3ccc([N+](=O)[O-])cc32)c2ccccc2)cc1)c1c[nH]cn1. The summed E-state index contributed by atoms with van der Waals surface area (Å²) in [6.45, 7) is 2.09. The van der Waals surface area contributed by atoms with Crippen LogP contribution in [0.5, 0.6) is 0 Å². The first-order chi connectivity index (χ1) is 16.5. The molecule has 5 rings (SSSR count). The standard InChI is InChI=1S/C26H21N5O3/c1-16(23-14-27-15-28-23)17-7-9-19(10-8-17)29-25(18-5-3-2-4-6-18)24-21-13-20(31(33)34)11-12-22(21)30-26(24)32/h2-16,29H,1H3,(H,27,28)(H,30,32). The molecule has 1 amide bonds. The van der Waals surface area contributed by atoms with E-state index in [1.54, 1.807) is 12.4 Å². The molecular weight excluding hydrogens is 430 g/mol. The van der Waals surface area contributed by atoms with Crippen molar-refractivity contribution in [1.29, 1.82) is 0 Å². The molecule has 1 aromatic heterocycles. The Hall–Kier alpha value is -4.72. The van der Waals surface area contributed by atoms with E-state index in [0.29, 0.717) is 22.5 Å². The highest BCUT2D eigenvalue weighted by atomic mass is 16.6. The van der Waals surface area contributed by atoms with Crippen LogP contribution in [0.4, 0.5) is 17.1 Å². The van der Waals surface area contributed by atoms with Crippen LogP contribution in [0.15, 0.2) is 85.3 Å². The van der Waals surface area contributed by atoms with Gasteiger partial charge < -0.3 is 15.6 Å². The molecule has 0 bridgehead atoms. The van der Waals surface area contributed by atoms with Gasteiger partial charge in [0.25, 0.3) is 11.6 Å². The van der Waals surface area contributed by atoms with Gasteiger partial charge in [-0.15, -0.1) is 0 Å². The first kappa shape index (κ1) is 21.1. The monoisotopic (exact) mass is 451 g/mol. The highest BCUT2D eigenvalue weighted by Gasteiger charge is 2.30. The molecule has 34 heavy (non-hydrogen) atoms. The van der Waals surface area contributed by atoms with Crippen LogP contribution >= 0.6 is 0 Å². The lowest BCUT2D eigenvalue weighted by Gasteiger charge is -2.16. The van der Waals surface area contributed by atoms with Crippen LogP contribution < -0.4 is 10.6 Å². The number of carbonyl (C=O) groups excluding carboxylic acids is 1. The average molecular weight is 451 g/mol. The van der Waals surface area contributed by atoms with Gasteiger partial charge in [0.1, 0.15) is 0 Å². The molecule has 1 aliphatic heterocycles. The molecule has 0 fully saturated rings. The van der Waals surface area contributed by atoms with E-state index < -0.39 is 4.92 Å². The number of non-ortho nitro benzene ring substituents is 1. The van der Waals surface area contributed by atoms with Crippen molar-refractivity contribution in [3.63, 3.8) is 0 Å². The van der Waals surface area contributed by atoms with Crippen LogP contribution in [0.1, 0.15) is 35.2 Å². The number of carbonyl (C=O) groups is 1. The summed E-state index contributed by atoms with van der Waals surface area (Å²) in [7, 11) is 0. The number of aromatic nitrogens is 2. The molecule has 3 N–H and O–H groups in total. The first-order valence-corrected chi connectivity index (χ1v) is 10.8. The van der Waals surface area contributed by atoms with Crippen molar-refractivity contribution in [3.05, 3.63) is 118 Å². The molecule has 0 aliphatic carbocycles. The zero-order valence-corrected chi connectivity index (χ0v) is 18.3. The Morgan fingerprint density at radius 2 is 1.82 bits per heavy atom. The van der Waals surface area contributed by atoms with Gasteiger partial charge in [0.15, 0.2) is 0 Å². The van der Waals surface area contributed by atoms with E-state index in [0.717, 1.165) is 22.5 Å². The smallest absolute Gasteiger partial charge is 0.270 e. The van der Waals surface area contributed by atoms with Crippen molar-refractivity contribution < 1.29 is 9.72 Å². The molecule has 0 spiro atoms.